The first-order chi connectivity index (χ1) is 13.6. The lowest BCUT2D eigenvalue weighted by molar-refractivity contribution is -0.124. The maximum Gasteiger partial charge on any atom is 0.253 e. The summed E-state index contributed by atoms with van der Waals surface area (Å²) < 4.78 is 18.8. The molecule has 1 heterocycles. The highest BCUT2D eigenvalue weighted by molar-refractivity contribution is 5.95. The first-order valence-electron chi connectivity index (χ1n) is 9.46. The lowest BCUT2D eigenvalue weighted by atomic mass is 9.88. The van der Waals surface area contributed by atoms with E-state index in [4.69, 9.17) is 4.74 Å². The lowest BCUT2D eigenvalue weighted by Gasteiger charge is -2.18. The fraction of sp³-hybridized carbons (Fsp3) is 0.364. The van der Waals surface area contributed by atoms with E-state index < -0.39 is 5.92 Å². The van der Waals surface area contributed by atoms with Crippen LogP contribution in [0.2, 0.25) is 0 Å². The summed E-state index contributed by atoms with van der Waals surface area (Å²) in [7, 11) is 1.62. The van der Waals surface area contributed by atoms with Crippen molar-refractivity contribution in [2.24, 2.45) is 5.92 Å². The summed E-state index contributed by atoms with van der Waals surface area (Å²) in [6.45, 7) is 1.76. The lowest BCUT2D eigenvalue weighted by Crippen LogP contribution is -2.36. The van der Waals surface area contributed by atoms with Crippen LogP contribution in [0.5, 0.6) is 0 Å². The fourth-order valence-electron chi connectivity index (χ4n) is 3.63. The quantitative estimate of drug-likeness (QED) is 0.747. The molecule has 2 amide bonds. The third kappa shape index (κ3) is 4.75. The molecule has 1 saturated heterocycles. The van der Waals surface area contributed by atoms with Crippen LogP contribution in [0.1, 0.15) is 28.3 Å². The van der Waals surface area contributed by atoms with Gasteiger partial charge in [0.05, 0.1) is 5.92 Å². The summed E-state index contributed by atoms with van der Waals surface area (Å²) in [6, 6.07) is 15.3. The molecule has 2 aromatic carbocycles. The van der Waals surface area contributed by atoms with E-state index in [9.17, 15) is 14.0 Å². The molecule has 6 heteroatoms. The van der Waals surface area contributed by atoms with Gasteiger partial charge < -0.3 is 15.0 Å². The van der Waals surface area contributed by atoms with Crippen molar-refractivity contribution in [2.45, 2.75) is 12.3 Å². The van der Waals surface area contributed by atoms with Crippen molar-refractivity contribution in [3.8, 4) is 0 Å². The molecule has 0 aliphatic carbocycles. The number of nitrogens with zero attached hydrogens (tertiary/aromatic N) is 1. The number of nitrogens with one attached hydrogen (secondary N) is 1. The predicted molar refractivity (Wildman–Crippen MR) is 104 cm³/mol. The van der Waals surface area contributed by atoms with E-state index in [0.717, 1.165) is 5.56 Å². The van der Waals surface area contributed by atoms with Crippen LogP contribution in [0.4, 0.5) is 4.39 Å². The summed E-state index contributed by atoms with van der Waals surface area (Å²) in [5.74, 6) is -1.24. The van der Waals surface area contributed by atoms with Crippen molar-refractivity contribution >= 4 is 11.8 Å². The van der Waals surface area contributed by atoms with E-state index in [1.54, 1.807) is 30.2 Å². The van der Waals surface area contributed by atoms with Crippen molar-refractivity contribution in [3.63, 3.8) is 0 Å². The largest absolute Gasteiger partial charge is 0.385 e. The molecule has 1 fully saturated rings. The van der Waals surface area contributed by atoms with E-state index in [-0.39, 0.29) is 23.5 Å². The van der Waals surface area contributed by atoms with Crippen LogP contribution in [0.3, 0.4) is 0 Å². The molecular weight excluding hydrogens is 359 g/mol. The average Bonchev–Trinajstić information content (AvgIpc) is 3.17. The van der Waals surface area contributed by atoms with Gasteiger partial charge in [0.1, 0.15) is 5.82 Å². The Bertz CT molecular complexity index is 812. The Morgan fingerprint density at radius 2 is 1.93 bits per heavy atom. The highest BCUT2D eigenvalue weighted by Crippen LogP contribution is 2.34. The maximum atomic E-state index is 13.8. The normalized spacial score (nSPS) is 18.9. The molecule has 1 aliphatic heterocycles. The van der Waals surface area contributed by atoms with Gasteiger partial charge in [-0.1, -0.05) is 30.3 Å². The molecule has 1 aliphatic rings. The molecule has 0 saturated carbocycles. The van der Waals surface area contributed by atoms with Crippen molar-refractivity contribution in [3.05, 3.63) is 71.5 Å². The smallest absolute Gasteiger partial charge is 0.253 e. The summed E-state index contributed by atoms with van der Waals surface area (Å²) in [5, 5.41) is 2.92. The zero-order valence-corrected chi connectivity index (χ0v) is 15.9. The number of carbonyl (C=O) groups excluding carboxylic acids is 2. The highest BCUT2D eigenvalue weighted by atomic mass is 19.1. The first kappa shape index (κ1) is 20.0. The Morgan fingerprint density at radius 1 is 1.14 bits per heavy atom. The van der Waals surface area contributed by atoms with Gasteiger partial charge in [-0.25, -0.2) is 4.39 Å². The monoisotopic (exact) mass is 384 g/mol. The minimum Gasteiger partial charge on any atom is -0.385 e. The molecule has 1 N–H and O–H groups in total. The number of likely N-dealkylation sites (tertiary alicyclic amines) is 1. The van der Waals surface area contributed by atoms with E-state index in [2.05, 4.69) is 5.32 Å². The number of hydrogen-bond acceptors (Lipinski definition) is 3. The minimum atomic E-state index is -0.419. The zero-order chi connectivity index (χ0) is 19.9. The molecule has 2 aromatic rings. The second kappa shape index (κ2) is 9.46. The third-order valence-electron chi connectivity index (χ3n) is 5.07. The third-order valence-corrected chi connectivity index (χ3v) is 5.07. The van der Waals surface area contributed by atoms with Gasteiger partial charge in [0.25, 0.3) is 5.91 Å². The van der Waals surface area contributed by atoms with E-state index in [1.165, 1.54) is 12.1 Å². The number of methoxy groups -OCH3 is 1. The molecule has 0 aromatic heterocycles. The standard InChI is InChI=1S/C22H25FN2O3/c1-28-12-6-11-24-21(26)20-15-25(22(27)16-7-3-2-4-8-16)14-19(20)17-9-5-10-18(23)13-17/h2-5,7-10,13,19-20H,6,11-12,14-15H2,1H3,(H,24,26). The average molecular weight is 384 g/mol. The SMILES string of the molecule is COCCCNC(=O)C1CN(C(=O)c2ccccc2)CC1c1cccc(F)c1. The Kier molecular flexibility index (Phi) is 6.76. The number of ether oxygens (including phenoxy) is 1. The van der Waals surface area contributed by atoms with Gasteiger partial charge >= 0.3 is 0 Å². The van der Waals surface area contributed by atoms with Crippen LogP contribution in [0, 0.1) is 11.7 Å². The number of benzene rings is 2. The minimum absolute atomic E-state index is 0.114. The Hall–Kier alpha value is -2.73. The Morgan fingerprint density at radius 3 is 2.64 bits per heavy atom. The van der Waals surface area contributed by atoms with E-state index >= 15 is 0 Å². The number of hydrogen-bond donors (Lipinski definition) is 1. The second-order valence-electron chi connectivity index (χ2n) is 6.98. The molecular formula is C22H25FN2O3. The van der Waals surface area contributed by atoms with Gasteiger partial charge in [-0.2, -0.15) is 0 Å². The number of rotatable bonds is 7. The molecule has 3 rings (SSSR count). The first-order valence-corrected chi connectivity index (χ1v) is 9.46. The summed E-state index contributed by atoms with van der Waals surface area (Å²) in [6.07, 6.45) is 0.715. The van der Waals surface area contributed by atoms with Crippen LogP contribution in [0.15, 0.2) is 54.6 Å². The molecule has 28 heavy (non-hydrogen) atoms. The van der Waals surface area contributed by atoms with Crippen LogP contribution in [-0.2, 0) is 9.53 Å². The van der Waals surface area contributed by atoms with Crippen molar-refractivity contribution in [2.75, 3.05) is 33.4 Å². The second-order valence-corrected chi connectivity index (χ2v) is 6.98. The van der Waals surface area contributed by atoms with Crippen molar-refractivity contribution in [1.82, 2.24) is 10.2 Å². The topological polar surface area (TPSA) is 58.6 Å². The molecule has 0 radical (unpaired) electrons. The molecule has 0 spiro atoms. The Labute approximate surface area is 164 Å². The fourth-order valence-corrected chi connectivity index (χ4v) is 3.63. The number of halogens is 1. The summed E-state index contributed by atoms with van der Waals surface area (Å²) >= 11 is 0. The van der Waals surface area contributed by atoms with Gasteiger partial charge in [-0.3, -0.25) is 9.59 Å². The summed E-state index contributed by atoms with van der Waals surface area (Å²) in [5.41, 5.74) is 1.32. The van der Waals surface area contributed by atoms with Gasteiger partial charge in [-0.05, 0) is 36.2 Å². The zero-order valence-electron chi connectivity index (χ0n) is 15.9. The van der Waals surface area contributed by atoms with Crippen LogP contribution < -0.4 is 5.32 Å². The highest BCUT2D eigenvalue weighted by Gasteiger charge is 2.40. The van der Waals surface area contributed by atoms with Gasteiger partial charge in [-0.15, -0.1) is 0 Å². The van der Waals surface area contributed by atoms with E-state index in [0.29, 0.717) is 38.2 Å². The van der Waals surface area contributed by atoms with Crippen LogP contribution >= 0.6 is 0 Å². The molecule has 2 atom stereocenters. The molecule has 2 unspecified atom stereocenters. The van der Waals surface area contributed by atoms with Crippen molar-refractivity contribution in [1.29, 1.82) is 0 Å². The summed E-state index contributed by atoms with van der Waals surface area (Å²) in [4.78, 5) is 27.3. The molecule has 5 nitrogen and oxygen atoms in total. The predicted octanol–water partition coefficient (Wildman–Crippen LogP) is 2.83. The molecule has 0 bridgehead atoms. The van der Waals surface area contributed by atoms with Gasteiger partial charge in [0.15, 0.2) is 0 Å². The maximum absolute atomic E-state index is 13.8. The van der Waals surface area contributed by atoms with Crippen LogP contribution in [0.25, 0.3) is 0 Å². The molecule has 148 valence electrons. The van der Waals surface area contributed by atoms with Crippen molar-refractivity contribution < 1.29 is 18.7 Å². The van der Waals surface area contributed by atoms with Gasteiger partial charge in [0.2, 0.25) is 5.91 Å². The van der Waals surface area contributed by atoms with E-state index in [1.807, 2.05) is 24.3 Å². The Balaban J connectivity index is 1.78. The van der Waals surface area contributed by atoms with Gasteiger partial charge in [0, 0.05) is 44.8 Å². The number of carbonyl (C=O) groups is 2. The number of amides is 2. The van der Waals surface area contributed by atoms with Crippen LogP contribution in [-0.4, -0.2) is 50.1 Å².